The predicted molar refractivity (Wildman–Crippen MR) is 110 cm³/mol. The first-order chi connectivity index (χ1) is 15.0. The molecule has 0 radical (unpaired) electrons. The molecule has 0 spiro atoms. The van der Waals surface area contributed by atoms with Crippen molar-refractivity contribution in [3.8, 4) is 11.5 Å². The van der Waals surface area contributed by atoms with Gasteiger partial charge in [0.15, 0.2) is 12.4 Å². The quantitative estimate of drug-likeness (QED) is 0.658. The molecule has 31 heavy (non-hydrogen) atoms. The number of carbonyl (C=O) groups is 1. The molecule has 0 saturated carbocycles. The summed E-state index contributed by atoms with van der Waals surface area (Å²) >= 11 is 6.40. The van der Waals surface area contributed by atoms with E-state index >= 15 is 0 Å². The van der Waals surface area contributed by atoms with Gasteiger partial charge in [0.2, 0.25) is 11.8 Å². The molecule has 1 aromatic heterocycles. The molecule has 8 nitrogen and oxygen atoms in total. The van der Waals surface area contributed by atoms with Crippen LogP contribution in [0.1, 0.15) is 17.3 Å². The van der Waals surface area contributed by atoms with E-state index < -0.39 is 0 Å². The Balaban J connectivity index is 1.49. The zero-order valence-electron chi connectivity index (χ0n) is 16.5. The number of hydrogen-bond acceptors (Lipinski definition) is 7. The lowest BCUT2D eigenvalue weighted by atomic mass is 10.1. The summed E-state index contributed by atoms with van der Waals surface area (Å²) in [5.74, 6) is 1.27. The number of fused-ring (bicyclic) bond motifs is 2. The van der Waals surface area contributed by atoms with E-state index in [0.29, 0.717) is 53.6 Å². The molecule has 5 rings (SSSR count). The van der Waals surface area contributed by atoms with Crippen molar-refractivity contribution in [3.05, 3.63) is 58.5 Å². The number of nitrogens with one attached hydrogen (secondary N) is 1. The molecule has 2 aliphatic rings. The molecular weight excluding hydrogens is 427 g/mol. The fourth-order valence-corrected chi connectivity index (χ4v) is 4.12. The van der Waals surface area contributed by atoms with Crippen molar-refractivity contribution < 1.29 is 23.1 Å². The van der Waals surface area contributed by atoms with E-state index in [4.69, 9.17) is 25.5 Å². The number of amides is 1. The lowest BCUT2D eigenvalue weighted by Crippen LogP contribution is -2.44. The van der Waals surface area contributed by atoms with E-state index in [9.17, 15) is 9.18 Å². The van der Waals surface area contributed by atoms with Crippen LogP contribution in [0.5, 0.6) is 11.5 Å². The van der Waals surface area contributed by atoms with Crippen LogP contribution < -0.4 is 19.7 Å². The third-order valence-corrected chi connectivity index (χ3v) is 5.44. The van der Waals surface area contributed by atoms with Crippen molar-refractivity contribution >= 4 is 28.9 Å². The normalized spacial score (nSPS) is 17.3. The first-order valence-corrected chi connectivity index (χ1v) is 10.1. The van der Waals surface area contributed by atoms with Gasteiger partial charge in [-0.25, -0.2) is 4.39 Å². The molecule has 1 unspecified atom stereocenters. The summed E-state index contributed by atoms with van der Waals surface area (Å²) in [6.45, 7) is 2.41. The summed E-state index contributed by atoms with van der Waals surface area (Å²) in [6.07, 6.45) is 0.455. The fourth-order valence-electron chi connectivity index (χ4n) is 3.82. The Kier molecular flexibility index (Phi) is 4.90. The molecule has 0 fully saturated rings. The molecule has 2 aliphatic heterocycles. The van der Waals surface area contributed by atoms with Crippen molar-refractivity contribution in [2.45, 2.75) is 25.9 Å². The number of rotatable bonds is 4. The molecule has 0 saturated heterocycles. The van der Waals surface area contributed by atoms with Crippen molar-refractivity contribution in [3.63, 3.8) is 0 Å². The number of ether oxygens (including phenoxy) is 2. The van der Waals surface area contributed by atoms with E-state index in [1.165, 1.54) is 12.1 Å². The van der Waals surface area contributed by atoms with Gasteiger partial charge in [-0.1, -0.05) is 11.6 Å². The largest absolute Gasteiger partial charge is 0.489 e. The van der Waals surface area contributed by atoms with E-state index in [1.54, 1.807) is 19.1 Å². The SMILES string of the molecule is Cc1nnc(CC2COc3cc(F)ccc3N2Cc2cc(Cl)c3c(c2)NC(=O)CO3)o1. The van der Waals surface area contributed by atoms with Gasteiger partial charge in [0.05, 0.1) is 22.4 Å². The van der Waals surface area contributed by atoms with Crippen molar-refractivity contribution in [2.24, 2.45) is 0 Å². The number of anilines is 2. The summed E-state index contributed by atoms with van der Waals surface area (Å²) in [5, 5.41) is 11.2. The highest BCUT2D eigenvalue weighted by atomic mass is 35.5. The first kappa shape index (κ1) is 19.6. The van der Waals surface area contributed by atoms with E-state index in [-0.39, 0.29) is 24.4 Å². The third-order valence-electron chi connectivity index (χ3n) is 5.16. The molecule has 2 aromatic carbocycles. The summed E-state index contributed by atoms with van der Waals surface area (Å²) < 4.78 is 30.6. The van der Waals surface area contributed by atoms with Gasteiger partial charge in [-0.2, -0.15) is 0 Å². The summed E-state index contributed by atoms with van der Waals surface area (Å²) in [6, 6.07) is 7.92. The van der Waals surface area contributed by atoms with Gasteiger partial charge in [-0.15, -0.1) is 10.2 Å². The molecular formula is C21H18ClFN4O4. The zero-order valence-corrected chi connectivity index (χ0v) is 17.3. The highest BCUT2D eigenvalue weighted by Gasteiger charge is 2.30. The molecule has 3 heterocycles. The maximum absolute atomic E-state index is 13.8. The van der Waals surface area contributed by atoms with Gasteiger partial charge in [0.25, 0.3) is 5.91 Å². The number of aryl methyl sites for hydroxylation is 1. The first-order valence-electron chi connectivity index (χ1n) is 9.69. The van der Waals surface area contributed by atoms with E-state index in [2.05, 4.69) is 20.4 Å². The Morgan fingerprint density at radius 3 is 2.94 bits per heavy atom. The van der Waals surface area contributed by atoms with Crippen LogP contribution in [0.15, 0.2) is 34.7 Å². The maximum Gasteiger partial charge on any atom is 0.262 e. The minimum atomic E-state index is -0.374. The van der Waals surface area contributed by atoms with Gasteiger partial charge in [0, 0.05) is 26.0 Å². The average molecular weight is 445 g/mol. The lowest BCUT2D eigenvalue weighted by Gasteiger charge is -2.38. The predicted octanol–water partition coefficient (Wildman–Crippen LogP) is 3.51. The molecule has 0 bridgehead atoms. The molecule has 1 N–H and O–H groups in total. The van der Waals surface area contributed by atoms with Crippen molar-refractivity contribution in [1.29, 1.82) is 0 Å². The fraction of sp³-hybridized carbons (Fsp3) is 0.286. The van der Waals surface area contributed by atoms with Crippen molar-refractivity contribution in [1.82, 2.24) is 10.2 Å². The van der Waals surface area contributed by atoms with Crippen molar-refractivity contribution in [2.75, 3.05) is 23.4 Å². The highest BCUT2D eigenvalue weighted by Crippen LogP contribution is 2.40. The summed E-state index contributed by atoms with van der Waals surface area (Å²) in [7, 11) is 0. The Hall–Kier alpha value is -3.33. The number of hydrogen-bond donors (Lipinski definition) is 1. The van der Waals surface area contributed by atoms with Crippen LogP contribution in [-0.4, -0.2) is 35.4 Å². The van der Waals surface area contributed by atoms with Crippen LogP contribution in [0.2, 0.25) is 5.02 Å². The second-order valence-corrected chi connectivity index (χ2v) is 7.82. The summed E-state index contributed by atoms with van der Waals surface area (Å²) in [4.78, 5) is 13.8. The average Bonchev–Trinajstić information content (AvgIpc) is 3.14. The molecule has 160 valence electrons. The van der Waals surface area contributed by atoms with Gasteiger partial charge >= 0.3 is 0 Å². The van der Waals surface area contributed by atoms with Gasteiger partial charge in [0.1, 0.15) is 18.2 Å². The van der Waals surface area contributed by atoms with Crippen LogP contribution >= 0.6 is 11.6 Å². The van der Waals surface area contributed by atoms with Crippen LogP contribution in [0.4, 0.5) is 15.8 Å². The smallest absolute Gasteiger partial charge is 0.262 e. The Morgan fingerprint density at radius 1 is 1.26 bits per heavy atom. The number of aromatic nitrogens is 2. The Labute approximate surface area is 181 Å². The minimum Gasteiger partial charge on any atom is -0.489 e. The summed E-state index contributed by atoms with van der Waals surface area (Å²) in [5.41, 5.74) is 2.11. The molecule has 1 amide bonds. The molecule has 0 aliphatic carbocycles. The highest BCUT2D eigenvalue weighted by molar-refractivity contribution is 6.33. The molecule has 10 heteroatoms. The van der Waals surface area contributed by atoms with Gasteiger partial charge in [-0.3, -0.25) is 4.79 Å². The minimum absolute atomic E-state index is 0.0693. The van der Waals surface area contributed by atoms with Crippen LogP contribution in [-0.2, 0) is 17.8 Å². The molecule has 3 aromatic rings. The number of benzene rings is 2. The maximum atomic E-state index is 13.8. The monoisotopic (exact) mass is 444 g/mol. The Morgan fingerprint density at radius 2 is 2.13 bits per heavy atom. The van der Waals surface area contributed by atoms with Crippen LogP contribution in [0, 0.1) is 12.7 Å². The second kappa shape index (κ2) is 7.73. The Bertz CT molecular complexity index is 1170. The third kappa shape index (κ3) is 3.88. The van der Waals surface area contributed by atoms with Gasteiger partial charge < -0.3 is 24.1 Å². The number of carbonyl (C=O) groups excluding carboxylic acids is 1. The number of halogens is 2. The van der Waals surface area contributed by atoms with E-state index in [0.717, 1.165) is 11.3 Å². The number of nitrogens with zero attached hydrogens (tertiary/aromatic N) is 3. The van der Waals surface area contributed by atoms with Crippen LogP contribution in [0.25, 0.3) is 0 Å². The van der Waals surface area contributed by atoms with Gasteiger partial charge in [-0.05, 0) is 29.8 Å². The second-order valence-electron chi connectivity index (χ2n) is 7.41. The van der Waals surface area contributed by atoms with E-state index in [1.807, 2.05) is 6.07 Å². The van der Waals surface area contributed by atoms with Crippen LogP contribution in [0.3, 0.4) is 0 Å². The zero-order chi connectivity index (χ0) is 21.5. The standard InChI is InChI=1S/C21H18ClFN4O4/c1-11-25-26-20(31-11)7-14-9-29-18-6-13(23)2-3-17(18)27(14)8-12-4-15(22)21-16(5-12)24-19(28)10-30-21/h2-6,14H,7-10H2,1H3,(H,24,28). The topological polar surface area (TPSA) is 89.7 Å². The molecule has 1 atom stereocenters. The lowest BCUT2D eigenvalue weighted by molar-refractivity contribution is -0.118.